The molecule has 0 radical (unpaired) electrons. The van der Waals surface area contributed by atoms with E-state index >= 15 is 0 Å². The first-order valence-electron chi connectivity index (χ1n) is 14.0. The molecule has 2 aromatic heterocycles. The highest BCUT2D eigenvalue weighted by atomic mass is 19.1. The van der Waals surface area contributed by atoms with Crippen molar-refractivity contribution in [3.63, 3.8) is 0 Å². The van der Waals surface area contributed by atoms with Crippen LogP contribution in [0, 0.1) is 17.5 Å². The third kappa shape index (κ3) is 6.07. The molecule has 2 fully saturated rings. The van der Waals surface area contributed by atoms with Gasteiger partial charge in [-0.25, -0.2) is 22.9 Å². The van der Waals surface area contributed by atoms with Crippen molar-refractivity contribution in [2.75, 3.05) is 11.9 Å². The third-order valence-corrected chi connectivity index (χ3v) is 7.80. The van der Waals surface area contributed by atoms with Gasteiger partial charge in [-0.3, -0.25) is 9.78 Å². The van der Waals surface area contributed by atoms with E-state index in [9.17, 15) is 27.9 Å². The Balaban J connectivity index is 1.42. The van der Waals surface area contributed by atoms with Gasteiger partial charge in [0, 0.05) is 24.7 Å². The Bertz CT molecular complexity index is 1530. The third-order valence-electron chi connectivity index (χ3n) is 7.80. The first kappa shape index (κ1) is 30.4. The summed E-state index contributed by atoms with van der Waals surface area (Å²) in [6.45, 7) is 7.46. The maximum Gasteiger partial charge on any atom is 0.410 e. The highest BCUT2D eigenvalue weighted by Gasteiger charge is 2.54. The molecule has 0 bridgehead atoms. The number of hydrogen-bond acceptors (Lipinski definition) is 7. The average Bonchev–Trinajstić information content (AvgIpc) is 2.93. The fourth-order valence-corrected chi connectivity index (χ4v) is 5.74. The number of aromatic nitrogens is 2. The molecule has 4 heterocycles. The van der Waals surface area contributed by atoms with Gasteiger partial charge < -0.3 is 24.8 Å². The maximum atomic E-state index is 14.6. The lowest BCUT2D eigenvalue weighted by Crippen LogP contribution is -2.66. The van der Waals surface area contributed by atoms with Gasteiger partial charge in [0.25, 0.3) is 5.91 Å². The van der Waals surface area contributed by atoms with E-state index in [0.29, 0.717) is 24.9 Å². The van der Waals surface area contributed by atoms with Crippen molar-refractivity contribution in [1.82, 2.24) is 14.9 Å². The van der Waals surface area contributed by atoms with Gasteiger partial charge in [0.15, 0.2) is 0 Å². The van der Waals surface area contributed by atoms with E-state index in [1.165, 1.54) is 12.4 Å². The van der Waals surface area contributed by atoms with E-state index < -0.39 is 70.2 Å². The summed E-state index contributed by atoms with van der Waals surface area (Å²) in [5.74, 6) is -3.82. The lowest BCUT2D eigenvalue weighted by atomic mass is 9.75. The Kier molecular flexibility index (Phi) is 8.19. The van der Waals surface area contributed by atoms with Crippen molar-refractivity contribution in [2.24, 2.45) is 0 Å². The van der Waals surface area contributed by atoms with Crippen LogP contribution < -0.4 is 5.32 Å². The number of ether oxygens (including phenoxy) is 2. The number of piperidine rings is 1. The number of amides is 2. The number of carbonyl (C=O) groups is 2. The van der Waals surface area contributed by atoms with Gasteiger partial charge in [0.05, 0.1) is 35.7 Å². The summed E-state index contributed by atoms with van der Waals surface area (Å²) in [5.41, 5.74) is -2.87. The first-order valence-corrected chi connectivity index (χ1v) is 14.0. The number of likely N-dealkylation sites (tertiary alicyclic amines) is 1. The second kappa shape index (κ2) is 11.6. The van der Waals surface area contributed by atoms with Crippen LogP contribution in [-0.2, 0) is 9.47 Å². The van der Waals surface area contributed by atoms with Crippen LogP contribution in [0.25, 0.3) is 11.3 Å². The van der Waals surface area contributed by atoms with Crippen LogP contribution in [0.5, 0.6) is 0 Å². The maximum absolute atomic E-state index is 14.6. The van der Waals surface area contributed by atoms with Crippen molar-refractivity contribution in [3.05, 3.63) is 77.5 Å². The van der Waals surface area contributed by atoms with Crippen molar-refractivity contribution in [1.29, 1.82) is 0 Å². The molecular formula is C31H33F3N4O5. The van der Waals surface area contributed by atoms with E-state index in [4.69, 9.17) is 9.47 Å². The van der Waals surface area contributed by atoms with Crippen molar-refractivity contribution >= 4 is 17.7 Å². The number of carbonyl (C=O) groups excluding carboxylic acids is 2. The van der Waals surface area contributed by atoms with Gasteiger partial charge in [-0.05, 0) is 70.9 Å². The summed E-state index contributed by atoms with van der Waals surface area (Å²) < 4.78 is 55.2. The summed E-state index contributed by atoms with van der Waals surface area (Å²) in [6, 6.07) is 6.11. The summed E-state index contributed by atoms with van der Waals surface area (Å²) in [5, 5.41) is 14.3. The SMILES string of the molecule is C[C@H]1O[C@@H](c2ccncc2NC(=O)c2ccc(F)c(-c3c(F)cccc3F)n2)C[C@H]2N(C(=O)OC(C)(C)C)CCC[C@@]12O. The molecule has 228 valence electrons. The van der Waals surface area contributed by atoms with Gasteiger partial charge in [-0.1, -0.05) is 6.07 Å². The monoisotopic (exact) mass is 598 g/mol. The lowest BCUT2D eigenvalue weighted by molar-refractivity contribution is -0.218. The zero-order valence-electron chi connectivity index (χ0n) is 24.2. The van der Waals surface area contributed by atoms with Crippen LogP contribution in [0.2, 0.25) is 0 Å². The van der Waals surface area contributed by atoms with Gasteiger partial charge in [0.1, 0.15) is 40.0 Å². The molecule has 43 heavy (non-hydrogen) atoms. The number of benzene rings is 1. The molecule has 5 rings (SSSR count). The molecule has 12 heteroatoms. The quantitative estimate of drug-likeness (QED) is 0.391. The predicted octanol–water partition coefficient (Wildman–Crippen LogP) is 5.79. The molecule has 2 aliphatic heterocycles. The van der Waals surface area contributed by atoms with Crippen molar-refractivity contribution < 1.29 is 37.3 Å². The zero-order valence-corrected chi connectivity index (χ0v) is 24.2. The van der Waals surface area contributed by atoms with Gasteiger partial charge in [0.2, 0.25) is 0 Å². The Hall–Kier alpha value is -4.03. The Morgan fingerprint density at radius 3 is 2.53 bits per heavy atom. The lowest BCUT2D eigenvalue weighted by Gasteiger charge is -2.54. The molecule has 2 saturated heterocycles. The standard InChI is InChI=1S/C31H33F3N4O5/c1-17-31(41)12-6-14-38(29(40)43-30(2,3)4)25(31)15-24(42-17)18-11-13-35-16-23(18)37-28(39)22-10-9-21(34)27(36-22)26-19(32)7-5-8-20(26)33/h5,7-11,13,16-17,24-25,41H,6,12,14-15H2,1-4H3,(H,37,39)/t17-,24-,25-,31-/m1/s1. The average molecular weight is 599 g/mol. The highest BCUT2D eigenvalue weighted by Crippen LogP contribution is 2.45. The summed E-state index contributed by atoms with van der Waals surface area (Å²) in [4.78, 5) is 36.0. The number of halogens is 3. The van der Waals surface area contributed by atoms with Crippen LogP contribution in [0.1, 0.15) is 69.1 Å². The molecule has 0 aliphatic carbocycles. The number of fused-ring (bicyclic) bond motifs is 1. The van der Waals surface area contributed by atoms with Gasteiger partial charge >= 0.3 is 6.09 Å². The summed E-state index contributed by atoms with van der Waals surface area (Å²) >= 11 is 0. The van der Waals surface area contributed by atoms with E-state index in [1.807, 2.05) is 0 Å². The number of anilines is 1. The van der Waals surface area contributed by atoms with Crippen LogP contribution >= 0.6 is 0 Å². The van der Waals surface area contributed by atoms with Crippen LogP contribution in [0.3, 0.4) is 0 Å². The molecule has 2 N–H and O–H groups in total. The molecule has 0 spiro atoms. The van der Waals surface area contributed by atoms with Gasteiger partial charge in [-0.2, -0.15) is 0 Å². The fraction of sp³-hybridized carbons (Fsp3) is 0.419. The van der Waals surface area contributed by atoms with Crippen LogP contribution in [0.15, 0.2) is 48.8 Å². The van der Waals surface area contributed by atoms with Crippen molar-refractivity contribution in [3.8, 4) is 11.3 Å². The van der Waals surface area contributed by atoms with E-state index in [1.54, 1.807) is 38.7 Å². The Morgan fingerprint density at radius 1 is 1.12 bits per heavy atom. The zero-order chi connectivity index (χ0) is 31.1. The number of nitrogens with zero attached hydrogens (tertiary/aromatic N) is 3. The second-order valence-electron chi connectivity index (χ2n) is 11.8. The number of rotatable bonds is 4. The number of pyridine rings is 2. The summed E-state index contributed by atoms with van der Waals surface area (Å²) in [7, 11) is 0. The molecule has 0 saturated carbocycles. The second-order valence-corrected chi connectivity index (χ2v) is 11.8. The predicted molar refractivity (Wildman–Crippen MR) is 151 cm³/mol. The van der Waals surface area contributed by atoms with E-state index in [-0.39, 0.29) is 17.8 Å². The molecule has 4 atom stereocenters. The van der Waals surface area contributed by atoms with Crippen molar-refractivity contribution in [2.45, 2.75) is 76.4 Å². The van der Waals surface area contributed by atoms with Crippen LogP contribution in [0.4, 0.5) is 23.7 Å². The normalized spacial score (nSPS) is 23.8. The number of aliphatic hydroxyl groups is 1. The molecule has 2 aliphatic rings. The minimum absolute atomic E-state index is 0.207. The van der Waals surface area contributed by atoms with E-state index in [2.05, 4.69) is 15.3 Å². The molecule has 2 amide bonds. The largest absolute Gasteiger partial charge is 0.444 e. The molecule has 9 nitrogen and oxygen atoms in total. The molecule has 3 aromatic rings. The minimum Gasteiger partial charge on any atom is -0.444 e. The fourth-order valence-electron chi connectivity index (χ4n) is 5.74. The molecule has 0 unspecified atom stereocenters. The Labute approximate surface area is 247 Å². The first-order chi connectivity index (χ1) is 20.3. The topological polar surface area (TPSA) is 114 Å². The summed E-state index contributed by atoms with van der Waals surface area (Å²) in [6.07, 6.45) is 2.27. The minimum atomic E-state index is -1.31. The Morgan fingerprint density at radius 2 is 1.84 bits per heavy atom. The van der Waals surface area contributed by atoms with Crippen LogP contribution in [-0.4, -0.2) is 61.9 Å². The highest BCUT2D eigenvalue weighted by molar-refractivity contribution is 6.03. The smallest absolute Gasteiger partial charge is 0.410 e. The number of hydrogen-bond donors (Lipinski definition) is 2. The van der Waals surface area contributed by atoms with Gasteiger partial charge in [-0.15, -0.1) is 0 Å². The molecule has 1 aromatic carbocycles. The van der Waals surface area contributed by atoms with E-state index in [0.717, 1.165) is 30.3 Å². The molecular weight excluding hydrogens is 565 g/mol. The number of nitrogens with one attached hydrogen (secondary N) is 1.